The van der Waals surface area contributed by atoms with Crippen molar-refractivity contribution in [3.05, 3.63) is 68.7 Å². The third kappa shape index (κ3) is 3.21. The van der Waals surface area contributed by atoms with Gasteiger partial charge in [0.1, 0.15) is 0 Å². The Bertz CT molecular complexity index is 756. The molecule has 2 nitrogen and oxygen atoms in total. The van der Waals surface area contributed by atoms with E-state index >= 15 is 0 Å². The molecule has 1 aliphatic carbocycles. The molecular formula is C18H16Cl3NO. The van der Waals surface area contributed by atoms with Gasteiger partial charge in [0.15, 0.2) is 0 Å². The molecule has 3 rings (SSSR count). The number of halogens is 3. The van der Waals surface area contributed by atoms with Crippen molar-refractivity contribution in [1.82, 2.24) is 4.90 Å². The van der Waals surface area contributed by atoms with Crippen LogP contribution in [0, 0.1) is 0 Å². The van der Waals surface area contributed by atoms with Gasteiger partial charge >= 0.3 is 0 Å². The normalized spacial score (nSPS) is 15.3. The zero-order valence-corrected chi connectivity index (χ0v) is 14.9. The van der Waals surface area contributed by atoms with Gasteiger partial charge in [0, 0.05) is 18.6 Å². The summed E-state index contributed by atoms with van der Waals surface area (Å²) in [5.74, 6) is 0.0933. The van der Waals surface area contributed by atoms with E-state index < -0.39 is 5.41 Å². The number of hydrogen-bond acceptors (Lipinski definition) is 1. The largest absolute Gasteiger partial charge is 0.341 e. The number of rotatable bonds is 4. The van der Waals surface area contributed by atoms with E-state index in [1.807, 2.05) is 37.4 Å². The minimum Gasteiger partial charge on any atom is -0.341 e. The molecule has 0 heterocycles. The van der Waals surface area contributed by atoms with Crippen LogP contribution in [0.25, 0.3) is 0 Å². The average molecular weight is 369 g/mol. The van der Waals surface area contributed by atoms with Crippen LogP contribution in [0.5, 0.6) is 0 Å². The number of likely N-dealkylation sites (N-methyl/N-ethyl adjacent to an activating group) is 1. The monoisotopic (exact) mass is 367 g/mol. The van der Waals surface area contributed by atoms with Crippen molar-refractivity contribution in [2.24, 2.45) is 0 Å². The molecule has 0 unspecified atom stereocenters. The summed E-state index contributed by atoms with van der Waals surface area (Å²) in [4.78, 5) is 14.7. The lowest BCUT2D eigenvalue weighted by atomic mass is 9.94. The summed E-state index contributed by atoms with van der Waals surface area (Å²) in [5.41, 5.74) is 1.41. The Balaban J connectivity index is 1.81. The summed E-state index contributed by atoms with van der Waals surface area (Å²) in [6, 6.07) is 13.0. The lowest BCUT2D eigenvalue weighted by Crippen LogP contribution is -2.36. The van der Waals surface area contributed by atoms with Crippen molar-refractivity contribution in [2.45, 2.75) is 24.8 Å². The van der Waals surface area contributed by atoms with Crippen molar-refractivity contribution >= 4 is 40.7 Å². The van der Waals surface area contributed by atoms with E-state index in [0.717, 1.165) is 24.0 Å². The Morgan fingerprint density at radius 1 is 1.04 bits per heavy atom. The molecular weight excluding hydrogens is 353 g/mol. The molecule has 0 N–H and O–H groups in total. The lowest BCUT2D eigenvalue weighted by molar-refractivity contribution is -0.133. The first-order valence-corrected chi connectivity index (χ1v) is 8.52. The Morgan fingerprint density at radius 2 is 1.74 bits per heavy atom. The number of hydrogen-bond donors (Lipinski definition) is 0. The molecule has 0 atom stereocenters. The van der Waals surface area contributed by atoms with E-state index in [9.17, 15) is 4.79 Å². The van der Waals surface area contributed by atoms with Gasteiger partial charge in [0.05, 0.1) is 15.5 Å². The molecule has 0 aromatic heterocycles. The lowest BCUT2D eigenvalue weighted by Gasteiger charge is -2.24. The predicted molar refractivity (Wildman–Crippen MR) is 95.3 cm³/mol. The van der Waals surface area contributed by atoms with Gasteiger partial charge in [-0.3, -0.25) is 4.79 Å². The van der Waals surface area contributed by atoms with E-state index in [2.05, 4.69) is 0 Å². The molecule has 0 spiro atoms. The molecule has 0 aliphatic heterocycles. The maximum Gasteiger partial charge on any atom is 0.233 e. The zero-order valence-electron chi connectivity index (χ0n) is 12.7. The van der Waals surface area contributed by atoms with Crippen molar-refractivity contribution in [3.8, 4) is 0 Å². The van der Waals surface area contributed by atoms with E-state index in [1.54, 1.807) is 17.0 Å². The van der Waals surface area contributed by atoms with Crippen LogP contribution in [0.2, 0.25) is 15.1 Å². The highest BCUT2D eigenvalue weighted by atomic mass is 35.5. The molecule has 1 amide bonds. The summed E-state index contributed by atoms with van der Waals surface area (Å²) >= 11 is 18.3. The molecule has 2 aromatic rings. The fourth-order valence-electron chi connectivity index (χ4n) is 2.86. The Kier molecular flexibility index (Phi) is 4.59. The third-order valence-corrected chi connectivity index (χ3v) is 5.45. The van der Waals surface area contributed by atoms with E-state index in [4.69, 9.17) is 34.8 Å². The number of amides is 1. The summed E-state index contributed by atoms with van der Waals surface area (Å²) in [5, 5.41) is 1.66. The van der Waals surface area contributed by atoms with Crippen molar-refractivity contribution < 1.29 is 4.79 Å². The number of carbonyl (C=O) groups is 1. The van der Waals surface area contributed by atoms with E-state index in [-0.39, 0.29) is 5.91 Å². The van der Waals surface area contributed by atoms with E-state index in [1.165, 1.54) is 0 Å². The maximum absolute atomic E-state index is 12.9. The third-order valence-electron chi connectivity index (χ3n) is 4.34. The second kappa shape index (κ2) is 6.35. The fourth-order valence-corrected chi connectivity index (χ4v) is 3.36. The highest BCUT2D eigenvalue weighted by Gasteiger charge is 2.52. The molecule has 1 fully saturated rings. The highest BCUT2D eigenvalue weighted by molar-refractivity contribution is 6.42. The van der Waals surface area contributed by atoms with Crippen LogP contribution in [-0.2, 0) is 16.8 Å². The predicted octanol–water partition coefficient (Wildman–Crippen LogP) is 5.34. The van der Waals surface area contributed by atoms with Gasteiger partial charge in [-0.25, -0.2) is 0 Å². The standard InChI is InChI=1S/C18H16Cl3NO/c1-22(11-12-4-2-3-5-14(12)19)17(23)18(8-9-18)13-6-7-15(20)16(21)10-13/h2-7,10H,8-9,11H2,1H3. The smallest absolute Gasteiger partial charge is 0.233 e. The van der Waals surface area contributed by atoms with E-state index in [0.29, 0.717) is 21.6 Å². The van der Waals surface area contributed by atoms with Gasteiger partial charge in [-0.1, -0.05) is 59.1 Å². The minimum atomic E-state index is -0.468. The van der Waals surface area contributed by atoms with Gasteiger partial charge in [-0.05, 0) is 42.2 Å². The number of benzene rings is 2. The molecule has 1 aliphatic rings. The molecule has 2 aromatic carbocycles. The Morgan fingerprint density at radius 3 is 2.35 bits per heavy atom. The quantitative estimate of drug-likeness (QED) is 0.713. The van der Waals surface area contributed by atoms with Crippen LogP contribution in [0.4, 0.5) is 0 Å². The summed E-state index contributed by atoms with van der Waals surface area (Å²) < 4.78 is 0. The molecule has 0 radical (unpaired) electrons. The van der Waals surface area contributed by atoms with Gasteiger partial charge in [-0.15, -0.1) is 0 Å². The summed E-state index contributed by atoms with van der Waals surface area (Å²) in [6.07, 6.45) is 1.66. The summed E-state index contributed by atoms with van der Waals surface area (Å²) in [7, 11) is 1.81. The van der Waals surface area contributed by atoms with Crippen LogP contribution in [-0.4, -0.2) is 17.9 Å². The topological polar surface area (TPSA) is 20.3 Å². The molecule has 5 heteroatoms. The maximum atomic E-state index is 12.9. The zero-order chi connectivity index (χ0) is 16.6. The second-order valence-electron chi connectivity index (χ2n) is 5.96. The van der Waals surface area contributed by atoms with Crippen LogP contribution in [0.15, 0.2) is 42.5 Å². The van der Waals surface area contributed by atoms with Crippen molar-refractivity contribution in [2.75, 3.05) is 7.05 Å². The van der Waals surface area contributed by atoms with Crippen molar-refractivity contribution in [1.29, 1.82) is 0 Å². The average Bonchev–Trinajstić information content (AvgIpc) is 3.33. The fraction of sp³-hybridized carbons (Fsp3) is 0.278. The minimum absolute atomic E-state index is 0.0933. The Labute approximate surface area is 151 Å². The highest BCUT2D eigenvalue weighted by Crippen LogP contribution is 2.50. The molecule has 23 heavy (non-hydrogen) atoms. The summed E-state index contributed by atoms with van der Waals surface area (Å²) in [6.45, 7) is 0.488. The van der Waals surface area contributed by atoms with Crippen LogP contribution in [0.1, 0.15) is 24.0 Å². The SMILES string of the molecule is CN(Cc1ccccc1Cl)C(=O)C1(c2ccc(Cl)c(Cl)c2)CC1. The number of nitrogens with zero attached hydrogens (tertiary/aromatic N) is 1. The first kappa shape index (κ1) is 16.6. The van der Waals surface area contributed by atoms with Gasteiger partial charge in [0.2, 0.25) is 5.91 Å². The first-order chi connectivity index (χ1) is 10.9. The van der Waals surface area contributed by atoms with Crippen LogP contribution < -0.4 is 0 Å². The Hall–Kier alpha value is -1.22. The number of carbonyl (C=O) groups excluding carboxylic acids is 1. The van der Waals surface area contributed by atoms with Gasteiger partial charge in [-0.2, -0.15) is 0 Å². The molecule has 120 valence electrons. The molecule has 0 saturated heterocycles. The molecule has 1 saturated carbocycles. The van der Waals surface area contributed by atoms with Gasteiger partial charge in [0.25, 0.3) is 0 Å². The van der Waals surface area contributed by atoms with Crippen LogP contribution >= 0.6 is 34.8 Å². The second-order valence-corrected chi connectivity index (χ2v) is 7.19. The van der Waals surface area contributed by atoms with Crippen LogP contribution in [0.3, 0.4) is 0 Å². The van der Waals surface area contributed by atoms with Crippen molar-refractivity contribution in [3.63, 3.8) is 0 Å². The molecule has 0 bridgehead atoms. The first-order valence-electron chi connectivity index (χ1n) is 7.38. The van der Waals surface area contributed by atoms with Gasteiger partial charge < -0.3 is 4.90 Å².